The highest BCUT2D eigenvalue weighted by Gasteiger charge is 2.17. The second-order valence-corrected chi connectivity index (χ2v) is 6.04. The Hall–Kier alpha value is -1.62. The van der Waals surface area contributed by atoms with E-state index in [1.165, 1.54) is 24.6 Å². The number of hydrogen-bond donors (Lipinski definition) is 1. The number of aromatic nitrogens is 2. The number of hydrogen-bond acceptors (Lipinski definition) is 4. The first-order valence-electron chi connectivity index (χ1n) is 6.95. The summed E-state index contributed by atoms with van der Waals surface area (Å²) in [6.07, 6.45) is 6.44. The third-order valence-corrected chi connectivity index (χ3v) is 4.58. The molecule has 4 nitrogen and oxygen atoms in total. The van der Waals surface area contributed by atoms with Gasteiger partial charge in [0.05, 0.1) is 11.9 Å². The highest BCUT2D eigenvalue weighted by Crippen LogP contribution is 2.24. The van der Waals surface area contributed by atoms with Crippen LogP contribution in [0.2, 0.25) is 0 Å². The molecule has 5 heteroatoms. The van der Waals surface area contributed by atoms with Crippen LogP contribution < -0.4 is 5.32 Å². The molecule has 0 unspecified atom stereocenters. The number of carbonyl (C=O) groups is 1. The molecule has 1 amide bonds. The van der Waals surface area contributed by atoms with Gasteiger partial charge in [0, 0.05) is 16.8 Å². The number of nitrogens with zero attached hydrogens (tertiary/aromatic N) is 2. The highest BCUT2D eigenvalue weighted by molar-refractivity contribution is 8.00. The standard InChI is InChI=1S/C15H17N3OS/c19-14(17-12-6-2-3-7-12)10-20-15-13-8-4-1-5-11(13)9-16-18-15/h1,4-5,8-9,12H,2-3,6-7,10H2,(H,17,19). The zero-order chi connectivity index (χ0) is 13.8. The fourth-order valence-electron chi connectivity index (χ4n) is 2.58. The average molecular weight is 287 g/mol. The van der Waals surface area contributed by atoms with Crippen molar-refractivity contribution in [3.05, 3.63) is 30.5 Å². The monoisotopic (exact) mass is 287 g/mol. The third kappa shape index (κ3) is 3.10. The Kier molecular flexibility index (Phi) is 4.16. The topological polar surface area (TPSA) is 54.9 Å². The Morgan fingerprint density at radius 2 is 2.10 bits per heavy atom. The fourth-order valence-corrected chi connectivity index (χ4v) is 3.38. The van der Waals surface area contributed by atoms with Crippen LogP contribution in [0.25, 0.3) is 10.8 Å². The van der Waals surface area contributed by atoms with Crippen molar-refractivity contribution in [2.45, 2.75) is 36.8 Å². The van der Waals surface area contributed by atoms with Gasteiger partial charge in [-0.15, -0.1) is 5.10 Å². The molecule has 0 spiro atoms. The molecule has 1 aliphatic carbocycles. The van der Waals surface area contributed by atoms with Gasteiger partial charge in [-0.25, -0.2) is 0 Å². The minimum atomic E-state index is 0.0941. The van der Waals surface area contributed by atoms with E-state index in [4.69, 9.17) is 0 Å². The van der Waals surface area contributed by atoms with Crippen molar-refractivity contribution in [2.24, 2.45) is 0 Å². The average Bonchev–Trinajstić information content (AvgIpc) is 2.98. The van der Waals surface area contributed by atoms with Crippen LogP contribution in [-0.2, 0) is 4.79 Å². The van der Waals surface area contributed by atoms with Gasteiger partial charge in [0.25, 0.3) is 0 Å². The lowest BCUT2D eigenvalue weighted by Crippen LogP contribution is -2.33. The summed E-state index contributed by atoms with van der Waals surface area (Å²) in [5.74, 6) is 0.496. The van der Waals surface area contributed by atoms with E-state index in [2.05, 4.69) is 15.5 Å². The molecule has 104 valence electrons. The van der Waals surface area contributed by atoms with Crippen molar-refractivity contribution >= 4 is 28.4 Å². The van der Waals surface area contributed by atoms with Crippen molar-refractivity contribution in [2.75, 3.05) is 5.75 Å². The SMILES string of the molecule is O=C(CSc1nncc2ccccc12)NC1CCCC1. The number of nitrogens with one attached hydrogen (secondary N) is 1. The lowest BCUT2D eigenvalue weighted by molar-refractivity contribution is -0.119. The zero-order valence-corrected chi connectivity index (χ0v) is 12.0. The summed E-state index contributed by atoms with van der Waals surface area (Å²) < 4.78 is 0. The van der Waals surface area contributed by atoms with E-state index in [0.29, 0.717) is 11.8 Å². The fraction of sp³-hybridized carbons (Fsp3) is 0.400. The lowest BCUT2D eigenvalue weighted by atomic mass is 10.2. The van der Waals surface area contributed by atoms with E-state index in [0.717, 1.165) is 28.6 Å². The number of rotatable bonds is 4. The van der Waals surface area contributed by atoms with Crippen LogP contribution in [0.5, 0.6) is 0 Å². The predicted molar refractivity (Wildman–Crippen MR) is 80.7 cm³/mol. The molecule has 1 N–H and O–H groups in total. The van der Waals surface area contributed by atoms with E-state index < -0.39 is 0 Å². The van der Waals surface area contributed by atoms with Gasteiger partial charge in [-0.1, -0.05) is 48.9 Å². The summed E-state index contributed by atoms with van der Waals surface area (Å²) in [7, 11) is 0. The minimum Gasteiger partial charge on any atom is -0.353 e. The van der Waals surface area contributed by atoms with Crippen molar-refractivity contribution in [3.8, 4) is 0 Å². The van der Waals surface area contributed by atoms with Gasteiger partial charge >= 0.3 is 0 Å². The van der Waals surface area contributed by atoms with Crippen molar-refractivity contribution in [3.63, 3.8) is 0 Å². The Labute approximate surface area is 122 Å². The molecule has 1 fully saturated rings. The molecular formula is C15H17N3OS. The van der Waals surface area contributed by atoms with Crippen LogP contribution in [-0.4, -0.2) is 27.9 Å². The molecule has 1 aromatic carbocycles. The Morgan fingerprint density at radius 3 is 2.95 bits per heavy atom. The second-order valence-electron chi connectivity index (χ2n) is 5.07. The molecule has 0 radical (unpaired) electrons. The molecule has 0 aliphatic heterocycles. The van der Waals surface area contributed by atoms with Crippen molar-refractivity contribution in [1.82, 2.24) is 15.5 Å². The molecule has 0 saturated heterocycles. The van der Waals surface area contributed by atoms with Gasteiger partial charge in [-0.05, 0) is 12.8 Å². The quantitative estimate of drug-likeness (QED) is 0.879. The smallest absolute Gasteiger partial charge is 0.230 e. The molecule has 3 rings (SSSR count). The van der Waals surface area contributed by atoms with E-state index >= 15 is 0 Å². The molecule has 0 bridgehead atoms. The minimum absolute atomic E-state index is 0.0941. The first-order chi connectivity index (χ1) is 9.83. The zero-order valence-electron chi connectivity index (χ0n) is 11.2. The Morgan fingerprint density at radius 1 is 1.30 bits per heavy atom. The van der Waals surface area contributed by atoms with Gasteiger partial charge < -0.3 is 5.32 Å². The molecule has 0 atom stereocenters. The maximum Gasteiger partial charge on any atom is 0.230 e. The first-order valence-corrected chi connectivity index (χ1v) is 7.94. The maximum atomic E-state index is 11.9. The van der Waals surface area contributed by atoms with E-state index in [-0.39, 0.29) is 5.91 Å². The summed E-state index contributed by atoms with van der Waals surface area (Å²) in [6.45, 7) is 0. The summed E-state index contributed by atoms with van der Waals surface area (Å²) in [5, 5.41) is 14.2. The Bertz CT molecular complexity index is 606. The number of amides is 1. The van der Waals surface area contributed by atoms with Crippen LogP contribution >= 0.6 is 11.8 Å². The summed E-state index contributed by atoms with van der Waals surface area (Å²) >= 11 is 1.46. The van der Waals surface area contributed by atoms with Crippen LogP contribution in [0.1, 0.15) is 25.7 Å². The van der Waals surface area contributed by atoms with Crippen LogP contribution in [0.4, 0.5) is 0 Å². The highest BCUT2D eigenvalue weighted by atomic mass is 32.2. The maximum absolute atomic E-state index is 11.9. The van der Waals surface area contributed by atoms with E-state index in [1.54, 1.807) is 6.20 Å². The predicted octanol–water partition coefficient (Wildman–Crippen LogP) is 2.78. The van der Waals surface area contributed by atoms with Gasteiger partial charge in [0.1, 0.15) is 5.03 Å². The lowest BCUT2D eigenvalue weighted by Gasteiger charge is -2.11. The van der Waals surface area contributed by atoms with Gasteiger partial charge in [0.2, 0.25) is 5.91 Å². The largest absolute Gasteiger partial charge is 0.353 e. The van der Waals surface area contributed by atoms with Gasteiger partial charge in [-0.3, -0.25) is 4.79 Å². The van der Waals surface area contributed by atoms with Crippen LogP contribution in [0.3, 0.4) is 0 Å². The van der Waals surface area contributed by atoms with Crippen LogP contribution in [0, 0.1) is 0 Å². The van der Waals surface area contributed by atoms with Gasteiger partial charge in [0.15, 0.2) is 0 Å². The van der Waals surface area contributed by atoms with E-state index in [1.807, 2.05) is 24.3 Å². The number of fused-ring (bicyclic) bond motifs is 1. The molecule has 1 aliphatic rings. The molecule has 1 aromatic heterocycles. The molecule has 20 heavy (non-hydrogen) atoms. The summed E-state index contributed by atoms with van der Waals surface area (Å²) in [4.78, 5) is 11.9. The number of thioether (sulfide) groups is 1. The number of carbonyl (C=O) groups excluding carboxylic acids is 1. The molecule has 2 aromatic rings. The van der Waals surface area contributed by atoms with Crippen LogP contribution in [0.15, 0.2) is 35.5 Å². The summed E-state index contributed by atoms with van der Waals surface area (Å²) in [6, 6.07) is 8.35. The second kappa shape index (κ2) is 6.22. The van der Waals surface area contributed by atoms with Crippen molar-refractivity contribution < 1.29 is 4.79 Å². The van der Waals surface area contributed by atoms with E-state index in [9.17, 15) is 4.79 Å². The van der Waals surface area contributed by atoms with Crippen molar-refractivity contribution in [1.29, 1.82) is 0 Å². The molecular weight excluding hydrogens is 270 g/mol. The Balaban J connectivity index is 1.63. The number of benzene rings is 1. The van der Waals surface area contributed by atoms with Gasteiger partial charge in [-0.2, -0.15) is 5.10 Å². The third-order valence-electron chi connectivity index (χ3n) is 3.60. The first kappa shape index (κ1) is 13.4. The molecule has 1 heterocycles. The normalized spacial score (nSPS) is 15.6. The molecule has 1 saturated carbocycles. The summed E-state index contributed by atoms with van der Waals surface area (Å²) in [5.41, 5.74) is 0.